The Hall–Kier alpha value is -2.60. The fourth-order valence-electron chi connectivity index (χ4n) is 2.90. The van der Waals surface area contributed by atoms with E-state index >= 15 is 0 Å². The first kappa shape index (κ1) is 17.2. The van der Waals surface area contributed by atoms with Crippen molar-refractivity contribution in [2.24, 2.45) is 0 Å². The molecule has 1 N–H and O–H groups in total. The van der Waals surface area contributed by atoms with Crippen LogP contribution in [0.25, 0.3) is 6.08 Å². The van der Waals surface area contributed by atoms with Crippen LogP contribution in [0, 0.1) is 6.92 Å². The van der Waals surface area contributed by atoms with E-state index in [1.807, 2.05) is 37.3 Å². The molecule has 0 aliphatic carbocycles. The molecule has 1 fully saturated rings. The number of rotatable bonds is 6. The zero-order valence-corrected chi connectivity index (χ0v) is 14.2. The van der Waals surface area contributed by atoms with Crippen LogP contribution in [-0.2, 0) is 4.79 Å². The summed E-state index contributed by atoms with van der Waals surface area (Å²) in [6.45, 7) is 3.95. The number of piperidine rings is 1. The van der Waals surface area contributed by atoms with Crippen LogP contribution in [0.1, 0.15) is 24.3 Å². The predicted molar refractivity (Wildman–Crippen MR) is 93.4 cm³/mol. The Morgan fingerprint density at radius 1 is 1.40 bits per heavy atom. The Kier molecular flexibility index (Phi) is 5.19. The van der Waals surface area contributed by atoms with Crippen LogP contribution >= 0.6 is 0 Å². The van der Waals surface area contributed by atoms with Gasteiger partial charge in [0, 0.05) is 38.2 Å². The summed E-state index contributed by atoms with van der Waals surface area (Å²) in [4.78, 5) is 18.2. The second-order valence-electron chi connectivity index (χ2n) is 6.26. The number of aromatic nitrogens is 1. The average molecular weight is 342 g/mol. The predicted octanol–water partition coefficient (Wildman–Crippen LogP) is 2.99. The highest BCUT2D eigenvalue weighted by Gasteiger charge is 2.43. The van der Waals surface area contributed by atoms with E-state index in [1.165, 1.54) is 0 Å². The molecule has 6 nitrogen and oxygen atoms in total. The lowest BCUT2D eigenvalue weighted by molar-refractivity contribution is -0.159. The Morgan fingerprint density at radius 2 is 2.20 bits per heavy atom. The molecule has 25 heavy (non-hydrogen) atoms. The van der Waals surface area contributed by atoms with Crippen LogP contribution in [0.4, 0.5) is 0 Å². The van der Waals surface area contributed by atoms with Gasteiger partial charge in [0.25, 0.3) is 0 Å². The first-order chi connectivity index (χ1) is 12.1. The zero-order valence-electron chi connectivity index (χ0n) is 14.2. The molecule has 3 rings (SSSR count). The van der Waals surface area contributed by atoms with Gasteiger partial charge in [0.15, 0.2) is 0 Å². The smallest absolute Gasteiger partial charge is 0.348 e. The normalized spacial score (nSPS) is 17.6. The Balaban J connectivity index is 1.58. The summed E-state index contributed by atoms with van der Waals surface area (Å²) in [5, 5.41) is 9.70. The third-order valence-electron chi connectivity index (χ3n) is 4.44. The van der Waals surface area contributed by atoms with Crippen LogP contribution < -0.4 is 4.74 Å². The summed E-state index contributed by atoms with van der Waals surface area (Å²) in [6.07, 6.45) is 8.04. The molecule has 6 heteroatoms. The largest absolute Gasteiger partial charge is 0.478 e. The number of carboxylic acid groups (broad SMARTS) is 1. The van der Waals surface area contributed by atoms with E-state index in [-0.39, 0.29) is 0 Å². The van der Waals surface area contributed by atoms with Gasteiger partial charge in [0.2, 0.25) is 5.60 Å². The molecule has 0 bridgehead atoms. The molecule has 3 heterocycles. The minimum Gasteiger partial charge on any atom is -0.478 e. The lowest BCUT2D eigenvalue weighted by atomic mass is 9.91. The Bertz CT molecular complexity index is 714. The number of carbonyl (C=O) groups is 1. The lowest BCUT2D eigenvalue weighted by Gasteiger charge is -2.38. The van der Waals surface area contributed by atoms with Crippen molar-refractivity contribution in [1.82, 2.24) is 9.88 Å². The third kappa shape index (κ3) is 4.28. The van der Waals surface area contributed by atoms with Crippen LogP contribution in [0.15, 0.2) is 47.2 Å². The van der Waals surface area contributed by atoms with Gasteiger partial charge in [-0.25, -0.2) is 4.79 Å². The lowest BCUT2D eigenvalue weighted by Crippen LogP contribution is -2.53. The number of furan rings is 1. The molecule has 0 atom stereocenters. The van der Waals surface area contributed by atoms with Crippen LogP contribution in [-0.4, -0.2) is 46.2 Å². The van der Waals surface area contributed by atoms with Gasteiger partial charge in [-0.3, -0.25) is 9.88 Å². The maximum absolute atomic E-state index is 11.8. The standard InChI is InChI=1S/C19H22N2O4/c1-15-6-7-17(14-20-15)25-19(18(22)23)8-11-21(12-9-19)10-2-4-16-5-3-13-24-16/h2-7,13-14H,8-12H2,1H3,(H,22,23)/b4-2+. The van der Waals surface area contributed by atoms with E-state index in [9.17, 15) is 9.90 Å². The van der Waals surface area contributed by atoms with E-state index in [2.05, 4.69) is 9.88 Å². The molecule has 2 aromatic rings. The summed E-state index contributed by atoms with van der Waals surface area (Å²) in [6, 6.07) is 7.33. The molecule has 0 saturated carbocycles. The molecule has 0 radical (unpaired) electrons. The minimum atomic E-state index is -1.18. The van der Waals surface area contributed by atoms with Gasteiger partial charge >= 0.3 is 5.97 Å². The number of aryl methyl sites for hydroxylation is 1. The SMILES string of the molecule is Cc1ccc(OC2(C(=O)O)CCN(C/C=C/c3ccco3)CC2)cn1. The van der Waals surface area contributed by atoms with E-state index in [0.29, 0.717) is 31.7 Å². The summed E-state index contributed by atoms with van der Waals surface area (Å²) in [5.74, 6) is 0.394. The number of likely N-dealkylation sites (tertiary alicyclic amines) is 1. The maximum atomic E-state index is 11.8. The number of ether oxygens (including phenoxy) is 1. The molecular formula is C19H22N2O4. The monoisotopic (exact) mass is 342 g/mol. The van der Waals surface area contributed by atoms with Gasteiger partial charge in [-0.05, 0) is 37.3 Å². The topological polar surface area (TPSA) is 75.8 Å². The van der Waals surface area contributed by atoms with Crippen molar-refractivity contribution in [2.75, 3.05) is 19.6 Å². The first-order valence-electron chi connectivity index (χ1n) is 8.35. The van der Waals surface area contributed by atoms with E-state index in [1.54, 1.807) is 18.5 Å². The number of carboxylic acids is 1. The highest BCUT2D eigenvalue weighted by molar-refractivity contribution is 5.78. The van der Waals surface area contributed by atoms with Crippen molar-refractivity contribution in [2.45, 2.75) is 25.4 Å². The van der Waals surface area contributed by atoms with Crippen LogP contribution in [0.2, 0.25) is 0 Å². The van der Waals surface area contributed by atoms with Crippen LogP contribution in [0.3, 0.4) is 0 Å². The fourth-order valence-corrected chi connectivity index (χ4v) is 2.90. The highest BCUT2D eigenvalue weighted by Crippen LogP contribution is 2.29. The number of hydrogen-bond acceptors (Lipinski definition) is 5. The van der Waals surface area contributed by atoms with Crippen LogP contribution in [0.5, 0.6) is 5.75 Å². The molecule has 1 saturated heterocycles. The highest BCUT2D eigenvalue weighted by atomic mass is 16.5. The average Bonchev–Trinajstić information content (AvgIpc) is 3.12. The molecule has 2 aromatic heterocycles. The van der Waals surface area contributed by atoms with E-state index in [0.717, 1.165) is 18.0 Å². The second kappa shape index (κ2) is 7.53. The number of nitrogens with zero attached hydrogens (tertiary/aromatic N) is 2. The molecule has 1 aliphatic heterocycles. The quantitative estimate of drug-likeness (QED) is 0.870. The molecule has 0 amide bonds. The summed E-state index contributed by atoms with van der Waals surface area (Å²) >= 11 is 0. The van der Waals surface area contributed by atoms with Crippen molar-refractivity contribution < 1.29 is 19.1 Å². The van der Waals surface area contributed by atoms with E-state index < -0.39 is 11.6 Å². The number of aliphatic carboxylic acids is 1. The fraction of sp³-hybridized carbons (Fsp3) is 0.368. The van der Waals surface area contributed by atoms with Gasteiger partial charge < -0.3 is 14.3 Å². The van der Waals surface area contributed by atoms with Gasteiger partial charge in [-0.2, -0.15) is 0 Å². The molecule has 132 valence electrons. The first-order valence-corrected chi connectivity index (χ1v) is 8.35. The van der Waals surface area contributed by atoms with Gasteiger partial charge in [-0.1, -0.05) is 6.08 Å². The van der Waals surface area contributed by atoms with Crippen molar-refractivity contribution in [3.8, 4) is 5.75 Å². The van der Waals surface area contributed by atoms with Crippen molar-refractivity contribution in [3.05, 3.63) is 54.3 Å². The van der Waals surface area contributed by atoms with Crippen molar-refractivity contribution in [1.29, 1.82) is 0 Å². The summed E-state index contributed by atoms with van der Waals surface area (Å²) in [7, 11) is 0. The minimum absolute atomic E-state index is 0.435. The van der Waals surface area contributed by atoms with Gasteiger partial charge in [0.05, 0.1) is 12.5 Å². The maximum Gasteiger partial charge on any atom is 0.348 e. The molecule has 0 aromatic carbocycles. The summed E-state index contributed by atoms with van der Waals surface area (Å²) < 4.78 is 11.1. The van der Waals surface area contributed by atoms with Gasteiger partial charge in [-0.15, -0.1) is 0 Å². The van der Waals surface area contributed by atoms with E-state index in [4.69, 9.17) is 9.15 Å². The number of hydrogen-bond donors (Lipinski definition) is 1. The van der Waals surface area contributed by atoms with Crippen molar-refractivity contribution in [3.63, 3.8) is 0 Å². The number of pyridine rings is 1. The molecular weight excluding hydrogens is 320 g/mol. The summed E-state index contributed by atoms with van der Waals surface area (Å²) in [5.41, 5.74) is -0.312. The third-order valence-corrected chi connectivity index (χ3v) is 4.44. The molecule has 0 spiro atoms. The Morgan fingerprint density at radius 3 is 2.80 bits per heavy atom. The molecule has 0 unspecified atom stereocenters. The zero-order chi connectivity index (χ0) is 17.7. The van der Waals surface area contributed by atoms with Gasteiger partial charge in [0.1, 0.15) is 11.5 Å². The van der Waals surface area contributed by atoms with Crippen molar-refractivity contribution >= 4 is 12.0 Å². The molecule has 1 aliphatic rings. The second-order valence-corrected chi connectivity index (χ2v) is 6.26. The Labute approximate surface area is 146 Å².